The van der Waals surface area contributed by atoms with E-state index in [9.17, 15) is 5.11 Å². The second-order valence-corrected chi connectivity index (χ2v) is 3.55. The Hall–Kier alpha value is -2.10. The lowest BCUT2D eigenvalue weighted by Crippen LogP contribution is -2.01. The fraction of sp³-hybridized carbons (Fsp3) is 0.167. The van der Waals surface area contributed by atoms with Gasteiger partial charge < -0.3 is 10.4 Å². The first-order valence-electron chi connectivity index (χ1n) is 5.04. The maximum atomic E-state index is 9.38. The van der Waals surface area contributed by atoms with Gasteiger partial charge in [-0.05, 0) is 30.7 Å². The summed E-state index contributed by atoms with van der Waals surface area (Å²) in [5.74, 6) is 0.310. The van der Waals surface area contributed by atoms with Crippen molar-refractivity contribution in [3.8, 4) is 5.75 Å². The summed E-state index contributed by atoms with van der Waals surface area (Å²) < 4.78 is 0. The molecule has 2 rings (SSSR count). The lowest BCUT2D eigenvalue weighted by atomic mass is 10.2. The molecule has 2 aromatic rings. The van der Waals surface area contributed by atoms with E-state index in [1.54, 1.807) is 24.7 Å². The summed E-state index contributed by atoms with van der Waals surface area (Å²) >= 11 is 0. The number of benzene rings is 1. The fourth-order valence-corrected chi connectivity index (χ4v) is 1.38. The first-order chi connectivity index (χ1) is 7.75. The van der Waals surface area contributed by atoms with Crippen molar-refractivity contribution in [2.24, 2.45) is 0 Å². The van der Waals surface area contributed by atoms with Crippen LogP contribution < -0.4 is 5.32 Å². The number of rotatable bonds is 3. The van der Waals surface area contributed by atoms with E-state index in [2.05, 4.69) is 15.3 Å². The Kier molecular flexibility index (Phi) is 3.00. The molecule has 2 N–H and O–H groups in total. The maximum absolute atomic E-state index is 9.38. The first kappa shape index (κ1) is 10.4. The molecule has 4 heteroatoms. The van der Waals surface area contributed by atoms with Crippen molar-refractivity contribution in [2.75, 3.05) is 5.32 Å². The standard InChI is InChI=1S/C12H13N3O/c1-9-6-10(2-3-12(9)16)15-8-11-7-13-4-5-14-11/h2-7,15-16H,8H2,1H3. The molecule has 0 atom stereocenters. The third-order valence-electron chi connectivity index (χ3n) is 2.29. The zero-order valence-electron chi connectivity index (χ0n) is 9.01. The van der Waals surface area contributed by atoms with Gasteiger partial charge in [-0.25, -0.2) is 0 Å². The van der Waals surface area contributed by atoms with Crippen LogP contribution in [0.4, 0.5) is 5.69 Å². The Morgan fingerprint density at radius 2 is 2.19 bits per heavy atom. The lowest BCUT2D eigenvalue weighted by molar-refractivity contribution is 0.471. The van der Waals surface area contributed by atoms with Crippen LogP contribution in [0.3, 0.4) is 0 Å². The molecule has 0 aliphatic carbocycles. The normalized spacial score (nSPS) is 10.1. The molecule has 1 heterocycles. The maximum Gasteiger partial charge on any atom is 0.118 e. The van der Waals surface area contributed by atoms with Gasteiger partial charge in [-0.1, -0.05) is 0 Å². The van der Waals surface area contributed by atoms with Crippen molar-refractivity contribution in [2.45, 2.75) is 13.5 Å². The van der Waals surface area contributed by atoms with Gasteiger partial charge in [0.25, 0.3) is 0 Å². The number of phenolic OH excluding ortho intramolecular Hbond substituents is 1. The van der Waals surface area contributed by atoms with Crippen LogP contribution in [0.5, 0.6) is 5.75 Å². The number of nitrogens with zero attached hydrogens (tertiary/aromatic N) is 2. The van der Waals surface area contributed by atoms with Crippen molar-refractivity contribution in [3.05, 3.63) is 48.0 Å². The van der Waals surface area contributed by atoms with Crippen LogP contribution in [0.15, 0.2) is 36.8 Å². The number of aromatic hydroxyl groups is 1. The van der Waals surface area contributed by atoms with E-state index < -0.39 is 0 Å². The number of anilines is 1. The Morgan fingerprint density at radius 1 is 1.31 bits per heavy atom. The first-order valence-corrected chi connectivity index (χ1v) is 5.04. The zero-order chi connectivity index (χ0) is 11.4. The summed E-state index contributed by atoms with van der Waals surface area (Å²) in [6, 6.07) is 5.40. The third-order valence-corrected chi connectivity index (χ3v) is 2.29. The van der Waals surface area contributed by atoms with Crippen LogP contribution in [-0.2, 0) is 6.54 Å². The van der Waals surface area contributed by atoms with Gasteiger partial charge >= 0.3 is 0 Å². The molecule has 0 bridgehead atoms. The number of nitrogens with one attached hydrogen (secondary N) is 1. The predicted octanol–water partition coefficient (Wildman–Crippen LogP) is 2.10. The number of hydrogen-bond donors (Lipinski definition) is 2. The van der Waals surface area contributed by atoms with E-state index in [-0.39, 0.29) is 0 Å². The molecule has 1 aromatic heterocycles. The number of aromatic nitrogens is 2. The zero-order valence-corrected chi connectivity index (χ0v) is 9.01. The van der Waals surface area contributed by atoms with Crippen LogP contribution >= 0.6 is 0 Å². The highest BCUT2D eigenvalue weighted by molar-refractivity contribution is 5.50. The average Bonchev–Trinajstić information content (AvgIpc) is 2.32. The molecular formula is C12H13N3O. The van der Waals surface area contributed by atoms with E-state index >= 15 is 0 Å². The molecule has 0 saturated heterocycles. The molecule has 0 saturated carbocycles. The number of hydrogen-bond acceptors (Lipinski definition) is 4. The molecule has 1 aromatic carbocycles. The van der Waals surface area contributed by atoms with E-state index in [0.29, 0.717) is 12.3 Å². The Bertz CT molecular complexity index is 471. The minimum atomic E-state index is 0.310. The van der Waals surface area contributed by atoms with Crippen molar-refractivity contribution in [1.82, 2.24) is 9.97 Å². The third kappa shape index (κ3) is 2.48. The van der Waals surface area contributed by atoms with Gasteiger partial charge in [0, 0.05) is 18.1 Å². The van der Waals surface area contributed by atoms with Crippen LogP contribution in [0.25, 0.3) is 0 Å². The van der Waals surface area contributed by atoms with Gasteiger partial charge in [-0.15, -0.1) is 0 Å². The van der Waals surface area contributed by atoms with Gasteiger partial charge in [0.05, 0.1) is 18.4 Å². The van der Waals surface area contributed by atoms with Crippen LogP contribution in [0.1, 0.15) is 11.3 Å². The van der Waals surface area contributed by atoms with Gasteiger partial charge in [-0.2, -0.15) is 0 Å². The average molecular weight is 215 g/mol. The largest absolute Gasteiger partial charge is 0.508 e. The molecule has 0 aliphatic heterocycles. The second-order valence-electron chi connectivity index (χ2n) is 3.55. The minimum Gasteiger partial charge on any atom is -0.508 e. The monoisotopic (exact) mass is 215 g/mol. The predicted molar refractivity (Wildman–Crippen MR) is 62.2 cm³/mol. The van der Waals surface area contributed by atoms with Gasteiger partial charge in [0.2, 0.25) is 0 Å². The van der Waals surface area contributed by atoms with Crippen molar-refractivity contribution in [1.29, 1.82) is 0 Å². The summed E-state index contributed by atoms with van der Waals surface area (Å²) in [5, 5.41) is 12.6. The van der Waals surface area contributed by atoms with Crippen molar-refractivity contribution >= 4 is 5.69 Å². The summed E-state index contributed by atoms with van der Waals surface area (Å²) in [7, 11) is 0. The highest BCUT2D eigenvalue weighted by atomic mass is 16.3. The quantitative estimate of drug-likeness (QED) is 0.770. The Balaban J connectivity index is 2.03. The molecule has 0 fully saturated rings. The summed E-state index contributed by atoms with van der Waals surface area (Å²) in [4.78, 5) is 8.15. The van der Waals surface area contributed by atoms with Crippen LogP contribution in [0, 0.1) is 6.92 Å². The SMILES string of the molecule is Cc1cc(NCc2cnccn2)ccc1O. The number of aryl methyl sites for hydroxylation is 1. The summed E-state index contributed by atoms with van der Waals surface area (Å²) in [6.07, 6.45) is 5.04. The lowest BCUT2D eigenvalue weighted by Gasteiger charge is -2.07. The number of phenols is 1. The smallest absolute Gasteiger partial charge is 0.118 e. The van der Waals surface area contributed by atoms with E-state index in [0.717, 1.165) is 16.9 Å². The topological polar surface area (TPSA) is 58.0 Å². The molecule has 16 heavy (non-hydrogen) atoms. The molecular weight excluding hydrogens is 202 g/mol. The second kappa shape index (κ2) is 4.61. The van der Waals surface area contributed by atoms with E-state index in [1.807, 2.05) is 19.1 Å². The molecule has 0 spiro atoms. The van der Waals surface area contributed by atoms with Crippen LogP contribution in [0.2, 0.25) is 0 Å². The highest BCUT2D eigenvalue weighted by Crippen LogP contribution is 2.20. The van der Waals surface area contributed by atoms with E-state index in [1.165, 1.54) is 0 Å². The molecule has 0 radical (unpaired) electrons. The molecule has 82 valence electrons. The van der Waals surface area contributed by atoms with Crippen LogP contribution in [-0.4, -0.2) is 15.1 Å². The van der Waals surface area contributed by atoms with Gasteiger partial charge in [-0.3, -0.25) is 9.97 Å². The summed E-state index contributed by atoms with van der Waals surface area (Å²) in [5.41, 5.74) is 2.69. The minimum absolute atomic E-state index is 0.310. The van der Waals surface area contributed by atoms with Crippen molar-refractivity contribution < 1.29 is 5.11 Å². The van der Waals surface area contributed by atoms with E-state index in [4.69, 9.17) is 0 Å². The molecule has 0 aliphatic rings. The highest BCUT2D eigenvalue weighted by Gasteiger charge is 1.98. The van der Waals surface area contributed by atoms with Gasteiger partial charge in [0.15, 0.2) is 0 Å². The molecule has 0 amide bonds. The van der Waals surface area contributed by atoms with Crippen molar-refractivity contribution in [3.63, 3.8) is 0 Å². The molecule has 0 unspecified atom stereocenters. The Labute approximate surface area is 94.0 Å². The molecule has 4 nitrogen and oxygen atoms in total. The summed E-state index contributed by atoms with van der Waals surface area (Å²) in [6.45, 7) is 2.49. The fourth-order valence-electron chi connectivity index (χ4n) is 1.38. The Morgan fingerprint density at radius 3 is 2.88 bits per heavy atom. The van der Waals surface area contributed by atoms with Gasteiger partial charge in [0.1, 0.15) is 5.75 Å².